The van der Waals surface area contributed by atoms with E-state index in [0.717, 1.165) is 30.9 Å². The first-order valence-electron chi connectivity index (χ1n) is 6.48. The van der Waals surface area contributed by atoms with E-state index in [0.29, 0.717) is 23.9 Å². The minimum atomic E-state index is 0.493. The van der Waals surface area contributed by atoms with E-state index in [-0.39, 0.29) is 0 Å². The summed E-state index contributed by atoms with van der Waals surface area (Å²) in [5.41, 5.74) is 7.51. The van der Waals surface area contributed by atoms with Crippen LogP contribution < -0.4 is 10.6 Å². The second-order valence-electron chi connectivity index (χ2n) is 5.15. The highest BCUT2D eigenvalue weighted by atomic mass is 15.2. The number of nitrogens with two attached hydrogens (primary N) is 1. The Morgan fingerprint density at radius 2 is 2.39 bits per heavy atom. The summed E-state index contributed by atoms with van der Waals surface area (Å²) < 4.78 is 0. The quantitative estimate of drug-likeness (QED) is 0.859. The largest absolute Gasteiger partial charge is 0.355 e. The SMILES string of the molecule is Cc1ccnc(N2CCC(C)C(CN)C2)c1C#N. The molecule has 18 heavy (non-hydrogen) atoms. The second-order valence-corrected chi connectivity index (χ2v) is 5.15. The Morgan fingerprint density at radius 1 is 1.61 bits per heavy atom. The summed E-state index contributed by atoms with van der Waals surface area (Å²) in [6.45, 7) is 6.78. The standard InChI is InChI=1S/C14H20N4/c1-10-4-6-18(9-12(10)7-15)14-13(8-16)11(2)3-5-17-14/h3,5,10,12H,4,6-7,9,15H2,1-2H3. The zero-order valence-corrected chi connectivity index (χ0v) is 11.1. The Morgan fingerprint density at radius 3 is 3.06 bits per heavy atom. The molecule has 2 unspecified atom stereocenters. The van der Waals surface area contributed by atoms with Crippen LogP contribution in [0, 0.1) is 30.1 Å². The third kappa shape index (κ3) is 2.32. The predicted octanol–water partition coefficient (Wildman–Crippen LogP) is 1.68. The van der Waals surface area contributed by atoms with Crippen molar-refractivity contribution in [3.8, 4) is 6.07 Å². The van der Waals surface area contributed by atoms with Crippen molar-refractivity contribution >= 4 is 5.82 Å². The number of anilines is 1. The van der Waals surface area contributed by atoms with Crippen LogP contribution in [0.25, 0.3) is 0 Å². The lowest BCUT2D eigenvalue weighted by Gasteiger charge is -2.37. The first-order chi connectivity index (χ1) is 8.67. The maximum Gasteiger partial charge on any atom is 0.146 e. The molecule has 4 heteroatoms. The van der Waals surface area contributed by atoms with E-state index in [4.69, 9.17) is 5.73 Å². The lowest BCUT2D eigenvalue weighted by atomic mass is 9.87. The Kier molecular flexibility index (Phi) is 3.83. The lowest BCUT2D eigenvalue weighted by molar-refractivity contribution is 0.307. The van der Waals surface area contributed by atoms with Gasteiger partial charge in [-0.15, -0.1) is 0 Å². The zero-order chi connectivity index (χ0) is 13.1. The topological polar surface area (TPSA) is 65.9 Å². The molecular weight excluding hydrogens is 224 g/mol. The summed E-state index contributed by atoms with van der Waals surface area (Å²) in [6, 6.07) is 4.15. The van der Waals surface area contributed by atoms with Crippen LogP contribution in [-0.2, 0) is 0 Å². The van der Waals surface area contributed by atoms with Gasteiger partial charge in [0.15, 0.2) is 0 Å². The van der Waals surface area contributed by atoms with Gasteiger partial charge in [-0.05, 0) is 43.4 Å². The van der Waals surface area contributed by atoms with E-state index in [1.165, 1.54) is 0 Å². The lowest BCUT2D eigenvalue weighted by Crippen LogP contribution is -2.43. The number of aryl methyl sites for hydroxylation is 1. The second kappa shape index (κ2) is 5.36. The van der Waals surface area contributed by atoms with Gasteiger partial charge >= 0.3 is 0 Å². The van der Waals surface area contributed by atoms with E-state index < -0.39 is 0 Å². The molecule has 96 valence electrons. The van der Waals surface area contributed by atoms with Crippen molar-refractivity contribution < 1.29 is 0 Å². The van der Waals surface area contributed by atoms with Crippen LogP contribution in [0.1, 0.15) is 24.5 Å². The number of piperidine rings is 1. The van der Waals surface area contributed by atoms with Crippen LogP contribution in [0.15, 0.2) is 12.3 Å². The third-order valence-corrected chi connectivity index (χ3v) is 3.97. The van der Waals surface area contributed by atoms with Gasteiger partial charge in [0, 0.05) is 19.3 Å². The number of pyridine rings is 1. The summed E-state index contributed by atoms with van der Waals surface area (Å²) in [5, 5.41) is 9.26. The fraction of sp³-hybridized carbons (Fsp3) is 0.571. The maximum absolute atomic E-state index is 9.26. The number of aromatic nitrogens is 1. The third-order valence-electron chi connectivity index (χ3n) is 3.97. The molecular formula is C14H20N4. The van der Waals surface area contributed by atoms with E-state index >= 15 is 0 Å². The Labute approximate surface area is 108 Å². The highest BCUT2D eigenvalue weighted by molar-refractivity contribution is 5.57. The molecule has 0 amide bonds. The molecule has 1 aromatic rings. The highest BCUT2D eigenvalue weighted by Gasteiger charge is 2.27. The van der Waals surface area contributed by atoms with E-state index in [1.54, 1.807) is 6.20 Å². The predicted molar refractivity (Wildman–Crippen MR) is 72.2 cm³/mol. The number of hydrogen-bond acceptors (Lipinski definition) is 4. The van der Waals surface area contributed by atoms with Crippen LogP contribution in [0.4, 0.5) is 5.82 Å². The molecule has 2 rings (SSSR count). The van der Waals surface area contributed by atoms with Crippen LogP contribution in [-0.4, -0.2) is 24.6 Å². The molecule has 1 aliphatic rings. The molecule has 0 aliphatic carbocycles. The molecule has 1 aliphatic heterocycles. The van der Waals surface area contributed by atoms with Gasteiger partial charge in [-0.2, -0.15) is 5.26 Å². The van der Waals surface area contributed by atoms with Crippen molar-refractivity contribution in [3.63, 3.8) is 0 Å². The Bertz CT molecular complexity index is 463. The van der Waals surface area contributed by atoms with Crippen molar-refractivity contribution in [3.05, 3.63) is 23.4 Å². The summed E-state index contributed by atoms with van der Waals surface area (Å²) in [4.78, 5) is 6.60. The number of hydrogen-bond donors (Lipinski definition) is 1. The van der Waals surface area contributed by atoms with Crippen LogP contribution in [0.2, 0.25) is 0 Å². The monoisotopic (exact) mass is 244 g/mol. The fourth-order valence-corrected chi connectivity index (χ4v) is 2.57. The van der Waals surface area contributed by atoms with Crippen molar-refractivity contribution in [1.29, 1.82) is 5.26 Å². The highest BCUT2D eigenvalue weighted by Crippen LogP contribution is 2.28. The Hall–Kier alpha value is -1.60. The summed E-state index contributed by atoms with van der Waals surface area (Å²) in [6.07, 6.45) is 2.89. The van der Waals surface area contributed by atoms with Crippen LogP contribution in [0.5, 0.6) is 0 Å². The van der Waals surface area contributed by atoms with Gasteiger partial charge in [0.05, 0.1) is 5.56 Å². The van der Waals surface area contributed by atoms with Gasteiger partial charge in [-0.3, -0.25) is 0 Å². The first-order valence-corrected chi connectivity index (χ1v) is 6.48. The molecule has 0 saturated carbocycles. The van der Waals surface area contributed by atoms with Gasteiger partial charge < -0.3 is 10.6 Å². The summed E-state index contributed by atoms with van der Waals surface area (Å²) in [7, 11) is 0. The van der Waals surface area contributed by atoms with Gasteiger partial charge in [0.2, 0.25) is 0 Å². The van der Waals surface area contributed by atoms with Crippen molar-refractivity contribution in [2.45, 2.75) is 20.3 Å². The molecule has 2 atom stereocenters. The summed E-state index contributed by atoms with van der Waals surface area (Å²) in [5.74, 6) is 1.97. The van der Waals surface area contributed by atoms with Crippen molar-refractivity contribution in [2.24, 2.45) is 17.6 Å². The number of nitriles is 1. The molecule has 0 aromatic carbocycles. The normalized spacial score (nSPS) is 23.8. The fourth-order valence-electron chi connectivity index (χ4n) is 2.57. The summed E-state index contributed by atoms with van der Waals surface area (Å²) >= 11 is 0. The molecule has 0 spiro atoms. The average Bonchev–Trinajstić information content (AvgIpc) is 2.39. The van der Waals surface area contributed by atoms with Gasteiger partial charge in [0.25, 0.3) is 0 Å². The smallest absolute Gasteiger partial charge is 0.146 e. The van der Waals surface area contributed by atoms with Gasteiger partial charge in [0.1, 0.15) is 11.9 Å². The zero-order valence-electron chi connectivity index (χ0n) is 11.1. The van der Waals surface area contributed by atoms with E-state index in [2.05, 4.69) is 22.9 Å². The van der Waals surface area contributed by atoms with Crippen LogP contribution in [0.3, 0.4) is 0 Å². The van der Waals surface area contributed by atoms with Crippen molar-refractivity contribution in [1.82, 2.24) is 4.98 Å². The average molecular weight is 244 g/mol. The van der Waals surface area contributed by atoms with E-state index in [1.807, 2.05) is 13.0 Å². The van der Waals surface area contributed by atoms with Gasteiger partial charge in [-0.25, -0.2) is 4.98 Å². The van der Waals surface area contributed by atoms with Crippen LogP contribution >= 0.6 is 0 Å². The van der Waals surface area contributed by atoms with E-state index in [9.17, 15) is 5.26 Å². The minimum absolute atomic E-state index is 0.493. The molecule has 2 N–H and O–H groups in total. The molecule has 0 bridgehead atoms. The molecule has 1 fully saturated rings. The van der Waals surface area contributed by atoms with Gasteiger partial charge in [-0.1, -0.05) is 6.92 Å². The first kappa shape index (κ1) is 12.8. The Balaban J connectivity index is 2.28. The minimum Gasteiger partial charge on any atom is -0.355 e. The van der Waals surface area contributed by atoms with Crippen molar-refractivity contribution in [2.75, 3.05) is 24.5 Å². The molecule has 4 nitrogen and oxygen atoms in total. The number of nitrogens with zero attached hydrogens (tertiary/aromatic N) is 3. The number of rotatable bonds is 2. The molecule has 1 aromatic heterocycles. The molecule has 1 saturated heterocycles. The molecule has 0 radical (unpaired) electrons. The maximum atomic E-state index is 9.26. The molecule has 2 heterocycles.